The first-order valence-electron chi connectivity index (χ1n) is 11.6. The Labute approximate surface area is 202 Å². The van der Waals surface area contributed by atoms with Gasteiger partial charge in [0.2, 0.25) is 5.91 Å². The summed E-state index contributed by atoms with van der Waals surface area (Å²) in [6.07, 6.45) is -0.249. The van der Waals surface area contributed by atoms with E-state index >= 15 is 0 Å². The number of aryl methyl sites for hydroxylation is 1. The average Bonchev–Trinajstić information content (AvgIpc) is 2.87. The van der Waals surface area contributed by atoms with E-state index in [-0.39, 0.29) is 5.91 Å². The van der Waals surface area contributed by atoms with Crippen molar-refractivity contribution in [2.75, 3.05) is 31.1 Å². The van der Waals surface area contributed by atoms with Gasteiger partial charge in [0, 0.05) is 49.1 Å². The van der Waals surface area contributed by atoms with Crippen LogP contribution in [0.1, 0.15) is 29.3 Å². The molecule has 8 heteroatoms. The molecule has 3 aromatic rings. The lowest BCUT2D eigenvalue weighted by molar-refractivity contribution is -0.137. The fraction of sp³-hybridized carbons (Fsp3) is 0.296. The SMILES string of the molecule is CCc1c(C)nc(-c2ccc(C(F)(F)F)cc2)nc1N1CCN(C(=O)/C=C/c2ccccc2)CC1. The summed E-state index contributed by atoms with van der Waals surface area (Å²) in [6, 6.07) is 14.6. The maximum atomic E-state index is 12.9. The molecule has 2 heterocycles. The van der Waals surface area contributed by atoms with Crippen molar-refractivity contribution >= 4 is 17.8 Å². The second kappa shape index (κ2) is 10.3. The molecule has 182 valence electrons. The molecule has 0 radical (unpaired) electrons. The van der Waals surface area contributed by atoms with Crippen LogP contribution in [0.4, 0.5) is 19.0 Å². The number of hydrogen-bond acceptors (Lipinski definition) is 4. The predicted molar refractivity (Wildman–Crippen MR) is 131 cm³/mol. The van der Waals surface area contributed by atoms with Gasteiger partial charge in [-0.2, -0.15) is 13.2 Å². The summed E-state index contributed by atoms with van der Waals surface area (Å²) in [5.41, 5.74) is 2.61. The van der Waals surface area contributed by atoms with E-state index in [1.165, 1.54) is 12.1 Å². The van der Waals surface area contributed by atoms with Crippen LogP contribution in [0.25, 0.3) is 17.5 Å². The molecule has 4 rings (SSSR count). The van der Waals surface area contributed by atoms with Gasteiger partial charge >= 0.3 is 6.18 Å². The van der Waals surface area contributed by atoms with Crippen LogP contribution in [-0.4, -0.2) is 47.0 Å². The van der Waals surface area contributed by atoms with Gasteiger partial charge in [-0.15, -0.1) is 0 Å². The van der Waals surface area contributed by atoms with Crippen LogP contribution in [0.15, 0.2) is 60.7 Å². The van der Waals surface area contributed by atoms with Crippen molar-refractivity contribution in [3.63, 3.8) is 0 Å². The molecule has 0 saturated carbocycles. The Bertz CT molecular complexity index is 1200. The number of hydrogen-bond donors (Lipinski definition) is 0. The zero-order valence-corrected chi connectivity index (χ0v) is 19.7. The topological polar surface area (TPSA) is 49.3 Å². The van der Waals surface area contributed by atoms with Gasteiger partial charge in [0.15, 0.2) is 5.82 Å². The molecule has 1 aliphatic heterocycles. The zero-order chi connectivity index (χ0) is 25.0. The molecular weight excluding hydrogens is 453 g/mol. The quantitative estimate of drug-likeness (QED) is 0.459. The van der Waals surface area contributed by atoms with Gasteiger partial charge in [-0.1, -0.05) is 49.4 Å². The van der Waals surface area contributed by atoms with E-state index in [4.69, 9.17) is 4.98 Å². The van der Waals surface area contributed by atoms with E-state index < -0.39 is 11.7 Å². The maximum Gasteiger partial charge on any atom is 0.416 e. The number of halogens is 3. The Morgan fingerprint density at radius 3 is 2.23 bits per heavy atom. The maximum absolute atomic E-state index is 12.9. The van der Waals surface area contributed by atoms with Gasteiger partial charge in [0.25, 0.3) is 0 Å². The molecule has 1 aromatic heterocycles. The molecule has 0 atom stereocenters. The Kier molecular flexibility index (Phi) is 7.19. The second-order valence-electron chi connectivity index (χ2n) is 8.42. The zero-order valence-electron chi connectivity index (χ0n) is 19.7. The van der Waals surface area contributed by atoms with Crippen molar-refractivity contribution in [3.8, 4) is 11.4 Å². The summed E-state index contributed by atoms with van der Waals surface area (Å²) in [6.45, 7) is 6.26. The lowest BCUT2D eigenvalue weighted by Gasteiger charge is -2.36. The second-order valence-corrected chi connectivity index (χ2v) is 8.42. The number of aromatic nitrogens is 2. The molecule has 35 heavy (non-hydrogen) atoms. The molecule has 5 nitrogen and oxygen atoms in total. The highest BCUT2D eigenvalue weighted by molar-refractivity contribution is 5.92. The number of benzene rings is 2. The number of nitrogens with zero attached hydrogens (tertiary/aromatic N) is 4. The predicted octanol–water partition coefficient (Wildman–Crippen LogP) is 5.40. The van der Waals surface area contributed by atoms with Gasteiger partial charge in [0.1, 0.15) is 5.82 Å². The number of rotatable bonds is 5. The third kappa shape index (κ3) is 5.70. The van der Waals surface area contributed by atoms with E-state index in [1.807, 2.05) is 55.2 Å². The summed E-state index contributed by atoms with van der Waals surface area (Å²) >= 11 is 0. The van der Waals surface area contributed by atoms with Crippen LogP contribution in [0, 0.1) is 6.92 Å². The van der Waals surface area contributed by atoms with Crippen LogP contribution >= 0.6 is 0 Å². The van der Waals surface area contributed by atoms with Crippen LogP contribution < -0.4 is 4.90 Å². The van der Waals surface area contributed by atoms with Gasteiger partial charge in [0.05, 0.1) is 5.56 Å². The highest BCUT2D eigenvalue weighted by Crippen LogP contribution is 2.31. The Morgan fingerprint density at radius 2 is 1.63 bits per heavy atom. The highest BCUT2D eigenvalue weighted by Gasteiger charge is 2.30. The van der Waals surface area contributed by atoms with Crippen molar-refractivity contribution in [1.29, 1.82) is 0 Å². The van der Waals surface area contributed by atoms with Crippen molar-refractivity contribution < 1.29 is 18.0 Å². The molecule has 0 unspecified atom stereocenters. The van der Waals surface area contributed by atoms with E-state index in [2.05, 4.69) is 9.88 Å². The number of piperazine rings is 1. The van der Waals surface area contributed by atoms with Crippen LogP contribution in [0.5, 0.6) is 0 Å². The molecule has 1 amide bonds. The summed E-state index contributed by atoms with van der Waals surface area (Å²) < 4.78 is 38.8. The molecule has 1 aliphatic rings. The highest BCUT2D eigenvalue weighted by atomic mass is 19.4. The summed E-state index contributed by atoms with van der Waals surface area (Å²) in [5, 5.41) is 0. The summed E-state index contributed by atoms with van der Waals surface area (Å²) in [5.74, 6) is 1.14. The first kappa shape index (κ1) is 24.4. The van der Waals surface area contributed by atoms with E-state index in [0.717, 1.165) is 41.2 Å². The lowest BCUT2D eigenvalue weighted by atomic mass is 10.1. The minimum atomic E-state index is -4.39. The molecule has 0 aliphatic carbocycles. The molecule has 2 aromatic carbocycles. The Balaban J connectivity index is 1.50. The minimum absolute atomic E-state index is 0.0338. The fourth-order valence-corrected chi connectivity index (χ4v) is 4.17. The third-order valence-electron chi connectivity index (χ3n) is 6.12. The molecule has 1 fully saturated rings. The van der Waals surface area contributed by atoms with Gasteiger partial charge < -0.3 is 9.80 Å². The van der Waals surface area contributed by atoms with Crippen LogP contribution in [0.2, 0.25) is 0 Å². The fourth-order valence-electron chi connectivity index (χ4n) is 4.17. The van der Waals surface area contributed by atoms with Gasteiger partial charge in [-0.05, 0) is 37.1 Å². The largest absolute Gasteiger partial charge is 0.416 e. The van der Waals surface area contributed by atoms with Crippen LogP contribution in [0.3, 0.4) is 0 Å². The first-order chi connectivity index (χ1) is 16.8. The number of amides is 1. The monoisotopic (exact) mass is 480 g/mol. The van der Waals surface area contributed by atoms with Gasteiger partial charge in [-0.3, -0.25) is 4.79 Å². The number of anilines is 1. The molecule has 1 saturated heterocycles. The molecule has 0 N–H and O–H groups in total. The van der Waals surface area contributed by atoms with E-state index in [9.17, 15) is 18.0 Å². The van der Waals surface area contributed by atoms with Crippen LogP contribution in [-0.2, 0) is 17.4 Å². The number of alkyl halides is 3. The summed E-state index contributed by atoms with van der Waals surface area (Å²) in [7, 11) is 0. The smallest absolute Gasteiger partial charge is 0.353 e. The molecule has 0 spiro atoms. The average molecular weight is 481 g/mol. The minimum Gasteiger partial charge on any atom is -0.353 e. The number of carbonyl (C=O) groups excluding carboxylic acids is 1. The van der Waals surface area contributed by atoms with Crippen molar-refractivity contribution in [1.82, 2.24) is 14.9 Å². The molecular formula is C27H27F3N4O. The van der Waals surface area contributed by atoms with E-state index in [0.29, 0.717) is 37.6 Å². The van der Waals surface area contributed by atoms with Crippen molar-refractivity contribution in [3.05, 3.63) is 83.1 Å². The Hall–Kier alpha value is -3.68. The van der Waals surface area contributed by atoms with Crippen molar-refractivity contribution in [2.24, 2.45) is 0 Å². The molecule has 0 bridgehead atoms. The van der Waals surface area contributed by atoms with Gasteiger partial charge in [-0.25, -0.2) is 9.97 Å². The third-order valence-corrected chi connectivity index (χ3v) is 6.12. The van der Waals surface area contributed by atoms with E-state index in [1.54, 1.807) is 6.08 Å². The lowest BCUT2D eigenvalue weighted by Crippen LogP contribution is -2.49. The number of carbonyl (C=O) groups is 1. The Morgan fingerprint density at radius 1 is 0.971 bits per heavy atom. The van der Waals surface area contributed by atoms with Crippen molar-refractivity contribution in [2.45, 2.75) is 26.4 Å². The first-order valence-corrected chi connectivity index (χ1v) is 11.6. The summed E-state index contributed by atoms with van der Waals surface area (Å²) in [4.78, 5) is 25.9. The standard InChI is InChI=1S/C27H27F3N4O/c1-3-23-19(2)31-25(21-10-12-22(13-11-21)27(28,29)30)32-26(23)34-17-15-33(16-18-34)24(35)14-9-20-7-5-4-6-8-20/h4-14H,3,15-18H2,1-2H3/b14-9+. The normalized spacial score (nSPS) is 14.5.